The fraction of sp³-hybridized carbons (Fsp3) is 0.842. The van der Waals surface area contributed by atoms with Crippen LogP contribution in [0.5, 0.6) is 0 Å². The lowest BCUT2D eigenvalue weighted by molar-refractivity contribution is -0.382. The molecule has 47 heavy (non-hydrogen) atoms. The lowest BCUT2D eigenvalue weighted by Crippen LogP contribution is -2.66. The third-order valence-corrected chi connectivity index (χ3v) is 9.59. The molecule has 0 saturated carbocycles. The van der Waals surface area contributed by atoms with Crippen LogP contribution >= 0.6 is 0 Å². The van der Waals surface area contributed by atoms with Crippen molar-refractivity contribution in [3.8, 4) is 0 Å². The van der Waals surface area contributed by atoms with Gasteiger partial charge in [-0.15, -0.1) is 0 Å². The molecule has 0 saturated heterocycles. The van der Waals surface area contributed by atoms with E-state index in [2.05, 4.69) is 16.1 Å². The first-order valence-corrected chi connectivity index (χ1v) is 14.3. The number of carbonyl (C=O) groups is 1. The summed E-state index contributed by atoms with van der Waals surface area (Å²) in [6, 6.07) is 0. The number of nitrogens with zero attached hydrogens (tertiary/aromatic N) is 2. The van der Waals surface area contributed by atoms with Crippen LogP contribution in [0, 0.1) is 0 Å². The smallest absolute Gasteiger partial charge is 0.460 e. The molecule has 0 spiro atoms. The van der Waals surface area contributed by atoms with Crippen LogP contribution < -0.4 is 0 Å². The van der Waals surface area contributed by atoms with Gasteiger partial charge in [0.1, 0.15) is 6.61 Å². The minimum atomic E-state index is -7.79. The standard InChI is InChI=1S/C19H21F17N2O7S2/c1-5-11(39)45-7-6-44-10(8-37(3)46(40,41)18(33,34)13(21,22)12(2,20)16(27,28)29)9-38(4)47(42,43)19(35,36)15(25,26)14(23,24)17(30,31)32/h5,10H,1,6-9H2,2-4H3. The van der Waals surface area contributed by atoms with Gasteiger partial charge in [0, 0.05) is 33.3 Å². The van der Waals surface area contributed by atoms with Crippen molar-refractivity contribution in [2.24, 2.45) is 0 Å². The lowest BCUT2D eigenvalue weighted by atomic mass is 9.99. The second kappa shape index (κ2) is 13.6. The van der Waals surface area contributed by atoms with Crippen molar-refractivity contribution >= 4 is 26.0 Å². The van der Waals surface area contributed by atoms with Crippen LogP contribution in [0.2, 0.25) is 0 Å². The summed E-state index contributed by atoms with van der Waals surface area (Å²) in [5.74, 6) is -23.9. The van der Waals surface area contributed by atoms with Gasteiger partial charge in [0.05, 0.1) is 12.7 Å². The van der Waals surface area contributed by atoms with E-state index < -0.39 is 120 Å². The average molecular weight is 776 g/mol. The molecule has 0 radical (unpaired) electrons. The monoisotopic (exact) mass is 776 g/mol. The molecule has 0 aromatic heterocycles. The topological polar surface area (TPSA) is 110 Å². The maximum absolute atomic E-state index is 14.4. The minimum absolute atomic E-state index is 0.197. The Balaban J connectivity index is 6.73. The maximum Gasteiger partial charge on any atom is 0.460 e. The van der Waals surface area contributed by atoms with Crippen LogP contribution in [-0.2, 0) is 34.3 Å². The van der Waals surface area contributed by atoms with Gasteiger partial charge in [0.2, 0.25) is 0 Å². The van der Waals surface area contributed by atoms with Gasteiger partial charge in [0.15, 0.2) is 0 Å². The number of carbonyl (C=O) groups excluding carboxylic acids is 1. The summed E-state index contributed by atoms with van der Waals surface area (Å²) in [5.41, 5.74) is -6.27. The van der Waals surface area contributed by atoms with Crippen LogP contribution in [0.25, 0.3) is 0 Å². The quantitative estimate of drug-likeness (QED) is 0.0923. The number of halogens is 17. The Morgan fingerprint density at radius 2 is 1.02 bits per heavy atom. The molecule has 280 valence electrons. The summed E-state index contributed by atoms with van der Waals surface area (Å²) < 4.78 is 284. The highest BCUT2D eigenvalue weighted by atomic mass is 32.2. The molecule has 0 aromatic rings. The number of ether oxygens (including phenoxy) is 2. The van der Waals surface area contributed by atoms with E-state index in [1.807, 2.05) is 0 Å². The fourth-order valence-electron chi connectivity index (χ4n) is 2.88. The largest absolute Gasteiger partial charge is 0.460 e. The van der Waals surface area contributed by atoms with E-state index in [-0.39, 0.29) is 14.1 Å². The van der Waals surface area contributed by atoms with Gasteiger partial charge < -0.3 is 9.47 Å². The van der Waals surface area contributed by atoms with Crippen LogP contribution in [0.1, 0.15) is 6.92 Å². The van der Waals surface area contributed by atoms with Crippen LogP contribution in [0.3, 0.4) is 0 Å². The fourth-order valence-corrected chi connectivity index (χ4v) is 5.35. The number of esters is 1. The number of hydrogen-bond donors (Lipinski definition) is 0. The number of hydrogen-bond acceptors (Lipinski definition) is 7. The van der Waals surface area contributed by atoms with E-state index in [9.17, 15) is 96.3 Å². The van der Waals surface area contributed by atoms with E-state index >= 15 is 0 Å². The molecule has 0 aliphatic rings. The van der Waals surface area contributed by atoms with Crippen molar-refractivity contribution in [2.45, 2.75) is 59.3 Å². The predicted octanol–water partition coefficient (Wildman–Crippen LogP) is 4.57. The second-order valence-corrected chi connectivity index (χ2v) is 13.4. The van der Waals surface area contributed by atoms with E-state index in [4.69, 9.17) is 0 Å². The summed E-state index contributed by atoms with van der Waals surface area (Å²) in [6.45, 7) is -4.71. The summed E-state index contributed by atoms with van der Waals surface area (Å²) in [6.07, 6.45) is -16.6. The number of rotatable bonds is 17. The summed E-state index contributed by atoms with van der Waals surface area (Å²) in [5, 5.41) is -14.4. The van der Waals surface area contributed by atoms with Crippen molar-refractivity contribution in [3.05, 3.63) is 12.7 Å². The van der Waals surface area contributed by atoms with Crippen molar-refractivity contribution in [2.75, 3.05) is 40.4 Å². The van der Waals surface area contributed by atoms with Crippen LogP contribution in [0.4, 0.5) is 74.6 Å². The van der Waals surface area contributed by atoms with Gasteiger partial charge in [-0.2, -0.15) is 78.9 Å². The Bertz CT molecular complexity index is 1260. The number of likely N-dealkylation sites (N-methyl/N-ethyl adjacent to an activating group) is 2. The van der Waals surface area contributed by atoms with Gasteiger partial charge in [-0.1, -0.05) is 6.58 Å². The van der Waals surface area contributed by atoms with Crippen molar-refractivity contribution in [1.29, 1.82) is 0 Å². The molecule has 0 aliphatic carbocycles. The molecule has 0 fully saturated rings. The maximum atomic E-state index is 14.4. The van der Waals surface area contributed by atoms with E-state index in [1.54, 1.807) is 0 Å². The molecular weight excluding hydrogens is 755 g/mol. The SMILES string of the molecule is C=CC(=O)OCCOC(CN(C)S(=O)(=O)C(F)(F)C(F)(F)C(C)(F)C(F)(F)F)CN(C)S(=O)(=O)C(F)(F)C(F)(F)C(F)(F)C(F)(F)F. The average Bonchev–Trinajstić information content (AvgIpc) is 2.88. The molecule has 0 amide bonds. The molecule has 0 aliphatic heterocycles. The molecule has 2 unspecified atom stereocenters. The third-order valence-electron chi connectivity index (χ3n) is 5.84. The molecule has 0 bridgehead atoms. The Morgan fingerprint density at radius 3 is 1.34 bits per heavy atom. The van der Waals surface area contributed by atoms with Crippen LogP contribution in [0.15, 0.2) is 12.7 Å². The molecule has 0 aromatic carbocycles. The highest BCUT2D eigenvalue weighted by Gasteiger charge is 2.86. The zero-order valence-corrected chi connectivity index (χ0v) is 24.8. The molecular formula is C19H21F17N2O7S2. The predicted molar refractivity (Wildman–Crippen MR) is 120 cm³/mol. The second-order valence-electron chi connectivity index (χ2n) is 9.19. The van der Waals surface area contributed by atoms with E-state index in [0.717, 1.165) is 0 Å². The first-order valence-electron chi connectivity index (χ1n) is 11.4. The molecule has 9 nitrogen and oxygen atoms in total. The zero-order valence-electron chi connectivity index (χ0n) is 23.2. The molecule has 0 N–H and O–H groups in total. The van der Waals surface area contributed by atoms with Gasteiger partial charge in [-0.3, -0.25) is 0 Å². The lowest BCUT2D eigenvalue weighted by Gasteiger charge is -2.38. The Morgan fingerprint density at radius 1 is 0.660 bits per heavy atom. The van der Waals surface area contributed by atoms with E-state index in [0.29, 0.717) is 6.08 Å². The Hall–Kier alpha value is -2.20. The molecule has 0 rings (SSSR count). The third kappa shape index (κ3) is 7.84. The summed E-state index contributed by atoms with van der Waals surface area (Å²) in [4.78, 5) is 11.1. The minimum Gasteiger partial charge on any atom is -0.460 e. The first kappa shape index (κ1) is 44.8. The first-order chi connectivity index (χ1) is 20.4. The van der Waals surface area contributed by atoms with Gasteiger partial charge in [0.25, 0.3) is 25.7 Å². The highest BCUT2D eigenvalue weighted by Crippen LogP contribution is 2.56. The normalized spacial score (nSPS) is 17.1. The van der Waals surface area contributed by atoms with Gasteiger partial charge >= 0.3 is 46.6 Å². The van der Waals surface area contributed by atoms with Crippen LogP contribution in [-0.4, -0.2) is 124 Å². The Labute approximate surface area is 253 Å². The van der Waals surface area contributed by atoms with E-state index in [1.165, 1.54) is 0 Å². The van der Waals surface area contributed by atoms with Crippen molar-refractivity contribution in [1.82, 2.24) is 8.61 Å². The van der Waals surface area contributed by atoms with Gasteiger partial charge in [-0.05, 0) is 6.92 Å². The van der Waals surface area contributed by atoms with Gasteiger partial charge in [-0.25, -0.2) is 26.0 Å². The highest BCUT2D eigenvalue weighted by molar-refractivity contribution is 7.90. The molecule has 2 atom stereocenters. The number of sulfonamides is 2. The Kier molecular flexibility index (Phi) is 13.0. The molecule has 28 heteroatoms. The van der Waals surface area contributed by atoms with Crippen molar-refractivity contribution < 1.29 is 106 Å². The molecule has 0 heterocycles. The van der Waals surface area contributed by atoms with Crippen molar-refractivity contribution in [3.63, 3.8) is 0 Å². The summed E-state index contributed by atoms with van der Waals surface area (Å²) >= 11 is 0. The number of alkyl halides is 17. The summed E-state index contributed by atoms with van der Waals surface area (Å²) in [7, 11) is -15.2. The zero-order chi connectivity index (χ0) is 38.3.